The molecule has 8 heteroatoms. The van der Waals surface area contributed by atoms with Crippen molar-refractivity contribution < 1.29 is 17.5 Å². The van der Waals surface area contributed by atoms with Crippen molar-refractivity contribution >= 4 is 26.5 Å². The summed E-state index contributed by atoms with van der Waals surface area (Å²) in [5, 5.41) is 2.06. The van der Waals surface area contributed by atoms with Crippen LogP contribution < -0.4 is 14.6 Å². The first kappa shape index (κ1) is 25.2. The summed E-state index contributed by atoms with van der Waals surface area (Å²) in [5.41, 5.74) is 2.10. The van der Waals surface area contributed by atoms with Gasteiger partial charge in [-0.05, 0) is 68.1 Å². The van der Waals surface area contributed by atoms with Gasteiger partial charge in [-0.2, -0.15) is 0 Å². The smallest absolute Gasteiger partial charge is 0.258 e. The highest BCUT2D eigenvalue weighted by molar-refractivity contribution is 7.95. The Morgan fingerprint density at radius 1 is 1.00 bits per heavy atom. The third-order valence-electron chi connectivity index (χ3n) is 5.86. The molecule has 0 atom stereocenters. The zero-order chi connectivity index (χ0) is 26.2. The zero-order valence-electron chi connectivity index (χ0n) is 20.5. The number of hydrogen-bond donors (Lipinski definition) is 0. The van der Waals surface area contributed by atoms with E-state index in [1.54, 1.807) is 76.5 Å². The van der Waals surface area contributed by atoms with E-state index in [0.29, 0.717) is 33.3 Å². The molecule has 0 saturated heterocycles. The molecule has 4 aromatic rings. The van der Waals surface area contributed by atoms with Crippen molar-refractivity contribution in [3.63, 3.8) is 0 Å². The first-order valence-corrected chi connectivity index (χ1v) is 12.9. The molecular formula is C28H27FN2O4S. The Bertz CT molecular complexity index is 1640. The summed E-state index contributed by atoms with van der Waals surface area (Å²) in [6, 6.07) is 16.3. The second-order valence-corrected chi connectivity index (χ2v) is 10.6. The Labute approximate surface area is 209 Å². The molecule has 0 saturated carbocycles. The third-order valence-corrected chi connectivity index (χ3v) is 7.46. The van der Waals surface area contributed by atoms with Crippen molar-refractivity contribution in [3.05, 3.63) is 101 Å². The van der Waals surface area contributed by atoms with E-state index in [2.05, 4.69) is 6.58 Å². The minimum Gasteiger partial charge on any atom is -0.454 e. The number of hydrogen-bond acceptors (Lipinski definition) is 4. The van der Waals surface area contributed by atoms with Gasteiger partial charge < -0.3 is 9.30 Å². The molecule has 0 aliphatic carbocycles. The molecule has 0 aliphatic heterocycles. The lowest BCUT2D eigenvalue weighted by molar-refractivity contribution is 0.443. The Hall–Kier alpha value is -3.91. The molecule has 4 rings (SSSR count). The lowest BCUT2D eigenvalue weighted by Gasteiger charge is -2.27. The number of rotatable bonds is 7. The van der Waals surface area contributed by atoms with E-state index < -0.39 is 21.9 Å². The number of anilines is 1. The van der Waals surface area contributed by atoms with E-state index in [0.717, 1.165) is 11.0 Å². The largest absolute Gasteiger partial charge is 0.454 e. The lowest BCUT2D eigenvalue weighted by atomic mass is 9.99. The fraction of sp³-hybridized carbons (Fsp3) is 0.179. The Balaban J connectivity index is 2.03. The molecule has 0 fully saturated rings. The minimum absolute atomic E-state index is 0.0307. The molecule has 0 aliphatic rings. The summed E-state index contributed by atoms with van der Waals surface area (Å²) in [5.74, 6) is -0.179. The van der Waals surface area contributed by atoms with Crippen LogP contribution in [0.3, 0.4) is 0 Å². The highest BCUT2D eigenvalue weighted by Crippen LogP contribution is 2.40. The number of ether oxygens (including phenoxy) is 1. The summed E-state index contributed by atoms with van der Waals surface area (Å²) in [6.07, 6.45) is 1.67. The van der Waals surface area contributed by atoms with Gasteiger partial charge in [0.25, 0.3) is 15.6 Å². The number of halogens is 1. The number of pyridine rings is 1. The van der Waals surface area contributed by atoms with Gasteiger partial charge in [0.1, 0.15) is 5.75 Å². The predicted octanol–water partition coefficient (Wildman–Crippen LogP) is 6.13. The second-order valence-electron chi connectivity index (χ2n) is 8.82. The van der Waals surface area contributed by atoms with Gasteiger partial charge in [-0.1, -0.05) is 30.8 Å². The van der Waals surface area contributed by atoms with Crippen LogP contribution >= 0.6 is 0 Å². The summed E-state index contributed by atoms with van der Waals surface area (Å²) in [6.45, 7) is 8.76. The van der Waals surface area contributed by atoms with E-state index >= 15 is 0 Å². The predicted molar refractivity (Wildman–Crippen MR) is 143 cm³/mol. The van der Waals surface area contributed by atoms with Crippen molar-refractivity contribution in [1.29, 1.82) is 0 Å². The van der Waals surface area contributed by atoms with Crippen molar-refractivity contribution in [2.45, 2.75) is 26.8 Å². The van der Waals surface area contributed by atoms with Gasteiger partial charge in [-0.25, -0.2) is 12.8 Å². The molecule has 1 aromatic heterocycles. The van der Waals surface area contributed by atoms with Gasteiger partial charge in [0.2, 0.25) is 0 Å². The van der Waals surface area contributed by atoms with Crippen molar-refractivity contribution in [1.82, 2.24) is 4.57 Å². The molecule has 1 heterocycles. The second kappa shape index (κ2) is 9.62. The molecule has 0 N–H and O–H groups in total. The van der Waals surface area contributed by atoms with E-state index in [-0.39, 0.29) is 11.3 Å². The quantitative estimate of drug-likeness (QED) is 0.302. The van der Waals surface area contributed by atoms with Crippen LogP contribution in [-0.4, -0.2) is 19.0 Å². The monoisotopic (exact) mass is 506 g/mol. The molecule has 0 bridgehead atoms. The number of sulfonamides is 1. The molecule has 6 nitrogen and oxygen atoms in total. The van der Waals surface area contributed by atoms with Crippen LogP contribution in [0.2, 0.25) is 0 Å². The lowest BCUT2D eigenvalue weighted by Crippen LogP contribution is -2.35. The summed E-state index contributed by atoms with van der Waals surface area (Å²) < 4.78 is 49.1. The Kier molecular flexibility index (Phi) is 6.73. The van der Waals surface area contributed by atoms with Crippen LogP contribution in [0.1, 0.15) is 19.4 Å². The zero-order valence-corrected chi connectivity index (χ0v) is 21.3. The molecule has 0 unspecified atom stereocenters. The van der Waals surface area contributed by atoms with Gasteiger partial charge >= 0.3 is 0 Å². The van der Waals surface area contributed by atoms with Gasteiger partial charge in [-0.3, -0.25) is 9.10 Å². The van der Waals surface area contributed by atoms with Crippen LogP contribution in [0.15, 0.2) is 83.6 Å². The Morgan fingerprint density at radius 3 is 2.31 bits per heavy atom. The van der Waals surface area contributed by atoms with E-state index in [1.165, 1.54) is 14.9 Å². The third kappa shape index (κ3) is 4.64. The number of aryl methyl sites for hydroxylation is 2. The fourth-order valence-electron chi connectivity index (χ4n) is 4.21. The standard InChI is InChI=1S/C28H27FN2O4S/c1-6-36(33,34)31(18(2)3)20-12-14-26(35-27-13-11-19(4)15-25(27)29)23(16-20)24-17-30(5)28(32)22-10-8-7-9-21(22)24/h6-18H,1H2,2-5H3. The van der Waals surface area contributed by atoms with E-state index in [9.17, 15) is 17.6 Å². The maximum absolute atomic E-state index is 14.7. The first-order valence-electron chi connectivity index (χ1n) is 11.4. The van der Waals surface area contributed by atoms with Crippen LogP contribution in [0, 0.1) is 12.7 Å². The number of benzene rings is 3. The highest BCUT2D eigenvalue weighted by atomic mass is 32.2. The van der Waals surface area contributed by atoms with Gasteiger partial charge in [0, 0.05) is 41.2 Å². The summed E-state index contributed by atoms with van der Waals surface area (Å²) >= 11 is 0. The number of aromatic nitrogens is 1. The van der Waals surface area contributed by atoms with Crippen molar-refractivity contribution in [2.75, 3.05) is 4.31 Å². The summed E-state index contributed by atoms with van der Waals surface area (Å²) in [4.78, 5) is 12.8. The normalized spacial score (nSPS) is 11.6. The van der Waals surface area contributed by atoms with Crippen LogP contribution in [-0.2, 0) is 17.1 Å². The molecule has 0 amide bonds. The molecule has 0 radical (unpaired) electrons. The molecule has 186 valence electrons. The average molecular weight is 507 g/mol. The SMILES string of the molecule is C=CS(=O)(=O)N(c1ccc(Oc2ccc(C)cc2F)c(-c2cn(C)c(=O)c3ccccc23)c1)C(C)C. The van der Waals surface area contributed by atoms with E-state index in [4.69, 9.17) is 4.74 Å². The maximum Gasteiger partial charge on any atom is 0.258 e. The van der Waals surface area contributed by atoms with E-state index in [1.807, 2.05) is 12.1 Å². The van der Waals surface area contributed by atoms with Crippen molar-refractivity contribution in [3.8, 4) is 22.6 Å². The summed E-state index contributed by atoms with van der Waals surface area (Å²) in [7, 11) is -2.17. The topological polar surface area (TPSA) is 68.6 Å². The fourth-order valence-corrected chi connectivity index (χ4v) is 5.37. The Morgan fingerprint density at radius 2 is 1.67 bits per heavy atom. The highest BCUT2D eigenvalue weighted by Gasteiger charge is 2.25. The van der Waals surface area contributed by atoms with Gasteiger partial charge in [-0.15, -0.1) is 0 Å². The maximum atomic E-state index is 14.7. The molecule has 0 spiro atoms. The number of nitrogens with zero attached hydrogens (tertiary/aromatic N) is 2. The van der Waals surface area contributed by atoms with Crippen molar-refractivity contribution in [2.24, 2.45) is 7.05 Å². The molecule has 3 aromatic carbocycles. The minimum atomic E-state index is -3.81. The molecular weight excluding hydrogens is 479 g/mol. The van der Waals surface area contributed by atoms with Crippen LogP contribution in [0.25, 0.3) is 21.9 Å². The average Bonchev–Trinajstić information content (AvgIpc) is 2.83. The first-order chi connectivity index (χ1) is 17.0. The number of fused-ring (bicyclic) bond motifs is 1. The molecule has 36 heavy (non-hydrogen) atoms. The van der Waals surface area contributed by atoms with Gasteiger partial charge in [0.05, 0.1) is 5.69 Å². The van der Waals surface area contributed by atoms with Gasteiger partial charge in [0.15, 0.2) is 11.6 Å². The van der Waals surface area contributed by atoms with Crippen LogP contribution in [0.5, 0.6) is 11.5 Å². The van der Waals surface area contributed by atoms with Crippen LogP contribution in [0.4, 0.5) is 10.1 Å².